The summed E-state index contributed by atoms with van der Waals surface area (Å²) in [6, 6.07) is 0. The van der Waals surface area contributed by atoms with Crippen LogP contribution in [0.4, 0.5) is 14.6 Å². The van der Waals surface area contributed by atoms with E-state index < -0.39 is 12.5 Å². The number of halogens is 2. The average molecular weight is 404 g/mol. The molecule has 0 bridgehead atoms. The second-order valence-corrected chi connectivity index (χ2v) is 8.49. The molecule has 5 rings (SSSR count). The molecule has 1 amide bonds. The molecule has 29 heavy (non-hydrogen) atoms. The summed E-state index contributed by atoms with van der Waals surface area (Å²) in [6.45, 7) is 4.85. The number of rotatable bonds is 2. The SMILES string of the molecule is Cc1cnn2c(N3CC(C(=O)N4CCCC(F)(F)C4)C3)c3c(nc12)CCNCC3. The Balaban J connectivity index is 1.40. The van der Waals surface area contributed by atoms with Gasteiger partial charge in [0.1, 0.15) is 5.82 Å². The Morgan fingerprint density at radius 2 is 2.07 bits per heavy atom. The number of aryl methyl sites for hydroxylation is 1. The second kappa shape index (κ2) is 6.90. The largest absolute Gasteiger partial charge is 0.354 e. The molecule has 0 atom stereocenters. The molecular formula is C20H26F2N6O. The number of amides is 1. The van der Waals surface area contributed by atoms with E-state index in [4.69, 9.17) is 4.98 Å². The average Bonchev–Trinajstić information content (AvgIpc) is 2.86. The molecule has 0 saturated carbocycles. The van der Waals surface area contributed by atoms with Gasteiger partial charge in [-0.3, -0.25) is 4.79 Å². The molecular weight excluding hydrogens is 378 g/mol. The van der Waals surface area contributed by atoms with Crippen LogP contribution in [0.1, 0.15) is 29.7 Å². The van der Waals surface area contributed by atoms with Gasteiger partial charge in [-0.05, 0) is 26.3 Å². The van der Waals surface area contributed by atoms with Crippen molar-refractivity contribution in [3.8, 4) is 0 Å². The Morgan fingerprint density at radius 1 is 1.28 bits per heavy atom. The van der Waals surface area contributed by atoms with Gasteiger partial charge in [0.2, 0.25) is 5.91 Å². The maximum atomic E-state index is 13.7. The summed E-state index contributed by atoms with van der Waals surface area (Å²) in [5, 5.41) is 7.95. The summed E-state index contributed by atoms with van der Waals surface area (Å²) in [7, 11) is 0. The first-order chi connectivity index (χ1) is 13.9. The van der Waals surface area contributed by atoms with Crippen LogP contribution >= 0.6 is 0 Å². The zero-order valence-electron chi connectivity index (χ0n) is 16.6. The lowest BCUT2D eigenvalue weighted by Gasteiger charge is -2.44. The monoisotopic (exact) mass is 404 g/mol. The van der Waals surface area contributed by atoms with Crippen molar-refractivity contribution in [1.29, 1.82) is 0 Å². The third-order valence-corrected chi connectivity index (χ3v) is 6.31. The van der Waals surface area contributed by atoms with Crippen LogP contribution in [-0.4, -0.2) is 70.6 Å². The predicted octanol–water partition coefficient (Wildman–Crippen LogP) is 1.42. The molecule has 0 aliphatic carbocycles. The minimum atomic E-state index is -2.76. The summed E-state index contributed by atoms with van der Waals surface area (Å²) in [4.78, 5) is 21.2. The number of alkyl halides is 2. The smallest absolute Gasteiger partial charge is 0.265 e. The third kappa shape index (κ3) is 3.25. The molecule has 2 aromatic rings. The van der Waals surface area contributed by atoms with Crippen molar-refractivity contribution in [3.63, 3.8) is 0 Å². The first-order valence-electron chi connectivity index (χ1n) is 10.4. The third-order valence-electron chi connectivity index (χ3n) is 6.31. The van der Waals surface area contributed by atoms with Crippen molar-refractivity contribution in [3.05, 3.63) is 23.0 Å². The van der Waals surface area contributed by atoms with Crippen LogP contribution in [0.3, 0.4) is 0 Å². The number of nitrogens with zero attached hydrogens (tertiary/aromatic N) is 5. The number of hydrogen-bond acceptors (Lipinski definition) is 5. The molecule has 1 N–H and O–H groups in total. The molecule has 2 saturated heterocycles. The van der Waals surface area contributed by atoms with Crippen molar-refractivity contribution in [2.45, 2.75) is 38.5 Å². The minimum Gasteiger partial charge on any atom is -0.354 e. The van der Waals surface area contributed by atoms with E-state index in [1.54, 1.807) is 0 Å². The molecule has 0 unspecified atom stereocenters. The molecule has 7 nitrogen and oxygen atoms in total. The minimum absolute atomic E-state index is 0.124. The lowest BCUT2D eigenvalue weighted by molar-refractivity contribution is -0.146. The number of fused-ring (bicyclic) bond motifs is 2. The Labute approximate surface area is 168 Å². The van der Waals surface area contributed by atoms with Crippen LogP contribution in [0.25, 0.3) is 5.65 Å². The van der Waals surface area contributed by atoms with Gasteiger partial charge in [-0.25, -0.2) is 13.8 Å². The standard InChI is InChI=1S/C20H26F2N6O/c1-13-9-24-28-17(13)25-16-4-7-23-6-3-15(16)18(28)27-10-14(11-27)19(29)26-8-2-5-20(21,22)12-26/h9,14,23H,2-8,10-12H2,1H3. The molecule has 2 fully saturated rings. The summed E-state index contributed by atoms with van der Waals surface area (Å²) >= 11 is 0. The zero-order chi connectivity index (χ0) is 20.2. The summed E-state index contributed by atoms with van der Waals surface area (Å²) in [6.07, 6.45) is 3.79. The fourth-order valence-electron chi connectivity index (χ4n) is 4.72. The molecule has 9 heteroatoms. The van der Waals surface area contributed by atoms with Crippen LogP contribution in [0.2, 0.25) is 0 Å². The van der Waals surface area contributed by atoms with Crippen molar-refractivity contribution < 1.29 is 13.6 Å². The van der Waals surface area contributed by atoms with Crippen LogP contribution in [0.5, 0.6) is 0 Å². The van der Waals surface area contributed by atoms with Gasteiger partial charge in [0.05, 0.1) is 24.4 Å². The number of carbonyl (C=O) groups is 1. The van der Waals surface area contributed by atoms with Crippen LogP contribution in [0.15, 0.2) is 6.20 Å². The van der Waals surface area contributed by atoms with Crippen LogP contribution in [-0.2, 0) is 17.6 Å². The Hall–Kier alpha value is -2.29. The first kappa shape index (κ1) is 18.7. The number of likely N-dealkylation sites (tertiary alicyclic amines) is 1. The number of piperidine rings is 1. The van der Waals surface area contributed by atoms with Crippen molar-refractivity contribution >= 4 is 17.4 Å². The van der Waals surface area contributed by atoms with Gasteiger partial charge in [0.25, 0.3) is 5.92 Å². The van der Waals surface area contributed by atoms with Gasteiger partial charge in [0, 0.05) is 50.1 Å². The summed E-state index contributed by atoms with van der Waals surface area (Å²) in [5.41, 5.74) is 4.15. The summed E-state index contributed by atoms with van der Waals surface area (Å²) in [5.74, 6) is -2.13. The maximum absolute atomic E-state index is 13.7. The summed E-state index contributed by atoms with van der Waals surface area (Å²) < 4.78 is 29.3. The van der Waals surface area contributed by atoms with E-state index in [-0.39, 0.29) is 18.2 Å². The number of hydrogen-bond donors (Lipinski definition) is 1. The zero-order valence-corrected chi connectivity index (χ0v) is 16.6. The van der Waals surface area contributed by atoms with Gasteiger partial charge in [-0.1, -0.05) is 0 Å². The fourth-order valence-corrected chi connectivity index (χ4v) is 4.72. The Kier molecular flexibility index (Phi) is 4.45. The van der Waals surface area contributed by atoms with E-state index in [0.717, 1.165) is 48.7 Å². The normalized spacial score (nSPS) is 22.3. The highest BCUT2D eigenvalue weighted by molar-refractivity contribution is 5.82. The second-order valence-electron chi connectivity index (χ2n) is 8.49. The van der Waals surface area contributed by atoms with Gasteiger partial charge >= 0.3 is 0 Å². The number of anilines is 1. The highest BCUT2D eigenvalue weighted by atomic mass is 19.3. The van der Waals surface area contributed by atoms with Crippen molar-refractivity contribution in [2.75, 3.05) is 44.2 Å². The van der Waals surface area contributed by atoms with Gasteiger partial charge in [-0.15, -0.1) is 0 Å². The molecule has 5 heterocycles. The molecule has 3 aliphatic heterocycles. The van der Waals surface area contributed by atoms with Gasteiger partial charge in [0.15, 0.2) is 5.65 Å². The fraction of sp³-hybridized carbons (Fsp3) is 0.650. The lowest BCUT2D eigenvalue weighted by atomic mass is 9.95. The maximum Gasteiger partial charge on any atom is 0.265 e. The lowest BCUT2D eigenvalue weighted by Crippen LogP contribution is -2.58. The molecule has 3 aliphatic rings. The molecule has 156 valence electrons. The molecule has 0 aromatic carbocycles. The Bertz CT molecular complexity index is 952. The van der Waals surface area contributed by atoms with E-state index in [9.17, 15) is 13.6 Å². The van der Waals surface area contributed by atoms with Gasteiger partial charge in [-0.2, -0.15) is 9.61 Å². The van der Waals surface area contributed by atoms with Gasteiger partial charge < -0.3 is 15.1 Å². The van der Waals surface area contributed by atoms with E-state index in [0.29, 0.717) is 26.1 Å². The highest BCUT2D eigenvalue weighted by Crippen LogP contribution is 2.34. The van der Waals surface area contributed by atoms with Crippen molar-refractivity contribution in [2.24, 2.45) is 5.92 Å². The number of nitrogens with one attached hydrogen (secondary N) is 1. The Morgan fingerprint density at radius 3 is 2.86 bits per heavy atom. The van der Waals surface area contributed by atoms with Crippen LogP contribution < -0.4 is 10.2 Å². The topological polar surface area (TPSA) is 65.8 Å². The highest BCUT2D eigenvalue weighted by Gasteiger charge is 2.43. The van der Waals surface area contributed by atoms with Crippen molar-refractivity contribution in [1.82, 2.24) is 24.8 Å². The number of carbonyl (C=O) groups excluding carboxylic acids is 1. The quantitative estimate of drug-likeness (QED) is 0.820. The van der Waals surface area contributed by atoms with E-state index >= 15 is 0 Å². The molecule has 2 aromatic heterocycles. The van der Waals surface area contributed by atoms with E-state index in [1.165, 1.54) is 10.5 Å². The van der Waals surface area contributed by atoms with E-state index in [1.807, 2.05) is 17.6 Å². The first-order valence-corrected chi connectivity index (χ1v) is 10.4. The van der Waals surface area contributed by atoms with Crippen LogP contribution in [0, 0.1) is 12.8 Å². The molecule has 0 spiro atoms. The van der Waals surface area contributed by atoms with E-state index in [2.05, 4.69) is 15.3 Å². The number of aromatic nitrogens is 3. The predicted molar refractivity (Wildman–Crippen MR) is 104 cm³/mol. The molecule has 0 radical (unpaired) electrons.